The molecule has 1 aromatic rings. The van der Waals surface area contributed by atoms with Crippen molar-refractivity contribution >= 4 is 33.2 Å². The van der Waals surface area contributed by atoms with E-state index in [4.69, 9.17) is 27.9 Å². The molecule has 2 rings (SSSR count). The highest BCUT2D eigenvalue weighted by atomic mass is 35.5. The first kappa shape index (κ1) is 17.8. The van der Waals surface area contributed by atoms with Gasteiger partial charge in [0.1, 0.15) is 0 Å². The second-order valence-corrected chi connectivity index (χ2v) is 8.21. The second kappa shape index (κ2) is 6.93. The molecule has 0 saturated carbocycles. The maximum absolute atomic E-state index is 12.7. The highest BCUT2D eigenvalue weighted by molar-refractivity contribution is 7.89. The van der Waals surface area contributed by atoms with E-state index in [0.717, 1.165) is 0 Å². The number of benzene rings is 1. The Morgan fingerprint density at radius 3 is 2.00 bits per heavy atom. The maximum Gasteiger partial charge on any atom is 0.243 e. The molecular weight excluding hydrogens is 347 g/mol. The number of rotatable bonds is 4. The van der Waals surface area contributed by atoms with E-state index in [0.29, 0.717) is 32.2 Å². The molecule has 1 fully saturated rings. The molecule has 0 bridgehead atoms. The normalized spacial score (nSPS) is 17.9. The molecule has 1 saturated heterocycles. The fraction of sp³-hybridized carbons (Fsp3) is 0.571. The number of piperazine rings is 1. The van der Waals surface area contributed by atoms with Gasteiger partial charge in [-0.15, -0.1) is 0 Å². The number of sulfonamides is 1. The van der Waals surface area contributed by atoms with Gasteiger partial charge in [0, 0.05) is 32.2 Å². The van der Waals surface area contributed by atoms with Crippen molar-refractivity contribution in [3.63, 3.8) is 0 Å². The third-order valence-electron chi connectivity index (χ3n) is 3.82. The average molecular weight is 367 g/mol. The van der Waals surface area contributed by atoms with E-state index < -0.39 is 10.0 Å². The van der Waals surface area contributed by atoms with Crippen LogP contribution in [0.5, 0.6) is 5.75 Å². The first-order valence-electron chi connectivity index (χ1n) is 7.04. The van der Waals surface area contributed by atoms with Gasteiger partial charge in [0.05, 0.1) is 22.1 Å². The van der Waals surface area contributed by atoms with Gasteiger partial charge in [0.25, 0.3) is 0 Å². The molecule has 0 aromatic heterocycles. The van der Waals surface area contributed by atoms with Gasteiger partial charge in [-0.05, 0) is 26.0 Å². The lowest BCUT2D eigenvalue weighted by molar-refractivity contribution is 0.154. The molecule has 0 N–H and O–H groups in total. The number of methoxy groups -OCH3 is 1. The summed E-state index contributed by atoms with van der Waals surface area (Å²) in [6.45, 7) is 6.56. The van der Waals surface area contributed by atoms with E-state index >= 15 is 0 Å². The van der Waals surface area contributed by atoms with Crippen LogP contribution >= 0.6 is 23.2 Å². The van der Waals surface area contributed by atoms with Gasteiger partial charge in [0.15, 0.2) is 5.75 Å². The standard InChI is InChI=1S/C14H20Cl2N2O3S/c1-10(2)17-4-6-18(7-5-17)22(19,20)11-8-12(15)14(21-3)13(16)9-11/h8-10H,4-7H2,1-3H3. The smallest absolute Gasteiger partial charge is 0.243 e. The Morgan fingerprint density at radius 1 is 1.09 bits per heavy atom. The molecular formula is C14H20Cl2N2O3S. The first-order chi connectivity index (χ1) is 10.3. The molecule has 0 radical (unpaired) electrons. The minimum absolute atomic E-state index is 0.0984. The Labute approximate surface area is 141 Å². The van der Waals surface area contributed by atoms with E-state index in [9.17, 15) is 8.42 Å². The summed E-state index contributed by atoms with van der Waals surface area (Å²) in [4.78, 5) is 2.35. The Kier molecular flexibility index (Phi) is 5.61. The third kappa shape index (κ3) is 3.51. The summed E-state index contributed by atoms with van der Waals surface area (Å²) >= 11 is 12.1. The van der Waals surface area contributed by atoms with Crippen LogP contribution in [0.15, 0.2) is 17.0 Å². The Bertz CT molecular complexity index is 618. The van der Waals surface area contributed by atoms with Crippen LogP contribution < -0.4 is 4.74 Å². The van der Waals surface area contributed by atoms with Crippen molar-refractivity contribution in [1.29, 1.82) is 0 Å². The topological polar surface area (TPSA) is 49.9 Å². The molecule has 1 heterocycles. The monoisotopic (exact) mass is 366 g/mol. The average Bonchev–Trinajstić information content (AvgIpc) is 2.47. The number of halogens is 2. The third-order valence-corrected chi connectivity index (χ3v) is 6.26. The molecule has 1 aromatic carbocycles. The molecule has 0 atom stereocenters. The van der Waals surface area contributed by atoms with Gasteiger partial charge < -0.3 is 4.74 Å². The molecule has 1 aliphatic rings. The molecule has 8 heteroatoms. The van der Waals surface area contributed by atoms with Crippen LogP contribution in [0.3, 0.4) is 0 Å². The zero-order chi connectivity index (χ0) is 16.5. The van der Waals surface area contributed by atoms with E-state index in [2.05, 4.69) is 18.7 Å². The summed E-state index contributed by atoms with van der Waals surface area (Å²) < 4.78 is 32.0. The van der Waals surface area contributed by atoms with Gasteiger partial charge in [-0.3, -0.25) is 4.90 Å². The zero-order valence-corrected chi connectivity index (χ0v) is 15.2. The Balaban J connectivity index is 2.25. The molecule has 0 amide bonds. The Morgan fingerprint density at radius 2 is 1.59 bits per heavy atom. The quantitative estimate of drug-likeness (QED) is 0.821. The van der Waals surface area contributed by atoms with Gasteiger partial charge in [-0.25, -0.2) is 8.42 Å². The largest absolute Gasteiger partial charge is 0.494 e. The van der Waals surface area contributed by atoms with Crippen molar-refractivity contribution in [1.82, 2.24) is 9.21 Å². The summed E-state index contributed by atoms with van der Waals surface area (Å²) in [5.74, 6) is 0.284. The predicted octanol–water partition coefficient (Wildman–Crippen LogP) is 2.72. The van der Waals surface area contributed by atoms with Crippen molar-refractivity contribution in [2.45, 2.75) is 24.8 Å². The van der Waals surface area contributed by atoms with E-state index in [1.54, 1.807) is 0 Å². The van der Waals surface area contributed by atoms with Crippen LogP contribution in [0.2, 0.25) is 10.0 Å². The van der Waals surface area contributed by atoms with Gasteiger partial charge >= 0.3 is 0 Å². The summed E-state index contributed by atoms with van der Waals surface area (Å²) in [5, 5.41) is 0.379. The molecule has 5 nitrogen and oxygen atoms in total. The summed E-state index contributed by atoms with van der Waals surface area (Å²) in [7, 11) is -2.16. The summed E-state index contributed by atoms with van der Waals surface area (Å²) in [5.41, 5.74) is 0. The van der Waals surface area contributed by atoms with Gasteiger partial charge in [-0.2, -0.15) is 4.31 Å². The molecule has 0 unspecified atom stereocenters. The van der Waals surface area contributed by atoms with Crippen LogP contribution in [-0.2, 0) is 10.0 Å². The lowest BCUT2D eigenvalue weighted by atomic mass is 10.3. The van der Waals surface area contributed by atoms with Crippen LogP contribution in [-0.4, -0.2) is 57.0 Å². The van der Waals surface area contributed by atoms with Crippen LogP contribution in [0.1, 0.15) is 13.8 Å². The number of hydrogen-bond acceptors (Lipinski definition) is 4. The van der Waals surface area contributed by atoms with Gasteiger partial charge in [0.2, 0.25) is 10.0 Å². The molecule has 0 aliphatic carbocycles. The van der Waals surface area contributed by atoms with E-state index in [-0.39, 0.29) is 20.7 Å². The highest BCUT2D eigenvalue weighted by Gasteiger charge is 2.30. The fourth-order valence-electron chi connectivity index (χ4n) is 2.49. The second-order valence-electron chi connectivity index (χ2n) is 5.45. The first-order valence-corrected chi connectivity index (χ1v) is 9.24. The predicted molar refractivity (Wildman–Crippen MR) is 88.5 cm³/mol. The highest BCUT2D eigenvalue weighted by Crippen LogP contribution is 2.36. The number of ether oxygens (including phenoxy) is 1. The molecule has 0 spiro atoms. The van der Waals surface area contributed by atoms with Crippen molar-refractivity contribution < 1.29 is 13.2 Å². The lowest BCUT2D eigenvalue weighted by Gasteiger charge is -2.36. The van der Waals surface area contributed by atoms with Crippen molar-refractivity contribution in [2.24, 2.45) is 0 Å². The fourth-order valence-corrected chi connectivity index (χ4v) is 4.74. The molecule has 124 valence electrons. The lowest BCUT2D eigenvalue weighted by Crippen LogP contribution is -2.50. The van der Waals surface area contributed by atoms with E-state index in [1.165, 1.54) is 23.5 Å². The number of hydrogen-bond donors (Lipinski definition) is 0. The maximum atomic E-state index is 12.7. The summed E-state index contributed by atoms with van der Waals surface area (Å²) in [6, 6.07) is 3.18. The summed E-state index contributed by atoms with van der Waals surface area (Å²) in [6.07, 6.45) is 0. The minimum Gasteiger partial charge on any atom is -0.494 e. The SMILES string of the molecule is COc1c(Cl)cc(S(=O)(=O)N2CCN(C(C)C)CC2)cc1Cl. The molecule has 1 aliphatic heterocycles. The zero-order valence-electron chi connectivity index (χ0n) is 12.8. The van der Waals surface area contributed by atoms with Crippen LogP contribution in [0.25, 0.3) is 0 Å². The van der Waals surface area contributed by atoms with Crippen molar-refractivity contribution in [3.8, 4) is 5.75 Å². The van der Waals surface area contributed by atoms with Crippen molar-refractivity contribution in [3.05, 3.63) is 22.2 Å². The van der Waals surface area contributed by atoms with Crippen LogP contribution in [0, 0.1) is 0 Å². The van der Waals surface area contributed by atoms with Gasteiger partial charge in [-0.1, -0.05) is 23.2 Å². The number of nitrogens with zero attached hydrogens (tertiary/aromatic N) is 2. The molecule has 22 heavy (non-hydrogen) atoms. The Hall–Kier alpha value is -0.530. The van der Waals surface area contributed by atoms with E-state index in [1.807, 2.05) is 0 Å². The van der Waals surface area contributed by atoms with Crippen molar-refractivity contribution in [2.75, 3.05) is 33.3 Å². The van der Waals surface area contributed by atoms with Crippen LogP contribution in [0.4, 0.5) is 0 Å². The minimum atomic E-state index is -3.60.